The Labute approximate surface area is 137 Å². The van der Waals surface area contributed by atoms with Crippen molar-refractivity contribution in [2.75, 3.05) is 13.2 Å². The van der Waals surface area contributed by atoms with Crippen molar-refractivity contribution in [2.24, 2.45) is 0 Å². The van der Waals surface area contributed by atoms with Crippen molar-refractivity contribution >= 4 is 5.91 Å². The minimum atomic E-state index is -2.98. The molecule has 3 rings (SSSR count). The second-order valence-electron chi connectivity index (χ2n) is 5.76. The molecule has 0 saturated carbocycles. The first-order valence-electron chi connectivity index (χ1n) is 7.54. The Hall–Kier alpha value is -2.35. The van der Waals surface area contributed by atoms with Crippen molar-refractivity contribution in [3.05, 3.63) is 47.6 Å². The first-order chi connectivity index (χ1) is 11.4. The van der Waals surface area contributed by atoms with E-state index >= 15 is 0 Å². The van der Waals surface area contributed by atoms with Crippen LogP contribution in [0.3, 0.4) is 0 Å². The second kappa shape index (κ2) is 6.64. The summed E-state index contributed by atoms with van der Waals surface area (Å²) in [5.41, 5.74) is 0.904. The molecule has 1 aromatic carbocycles. The Morgan fingerprint density at radius 1 is 1.42 bits per heavy atom. The molecule has 1 fully saturated rings. The van der Waals surface area contributed by atoms with Gasteiger partial charge < -0.3 is 14.2 Å². The molecule has 0 radical (unpaired) electrons. The number of amides is 1. The molecule has 128 valence electrons. The molecular weight excluding hydrogens is 320 g/mol. The summed E-state index contributed by atoms with van der Waals surface area (Å²) in [4.78, 5) is 17.3. The lowest BCUT2D eigenvalue weighted by molar-refractivity contribution is -0.139. The van der Waals surface area contributed by atoms with Gasteiger partial charge in [0, 0.05) is 6.42 Å². The fourth-order valence-electron chi connectivity index (χ4n) is 2.66. The summed E-state index contributed by atoms with van der Waals surface area (Å²) >= 11 is 0. The zero-order chi connectivity index (χ0) is 17.2. The third kappa shape index (κ3) is 3.76. The lowest BCUT2D eigenvalue weighted by Crippen LogP contribution is -2.35. The standard InChI is InChI=1S/C16H17F2N3O3/c1-11-19-15(24-20-11)13-7-16(17,18)10-21(13)14(22)9-23-8-12-5-3-2-4-6-12/h2-6,13H,7-10H2,1H3/t13-/m0/s1. The van der Waals surface area contributed by atoms with Gasteiger partial charge in [0.15, 0.2) is 5.82 Å². The van der Waals surface area contributed by atoms with Gasteiger partial charge in [0.2, 0.25) is 11.8 Å². The van der Waals surface area contributed by atoms with Crippen molar-refractivity contribution in [1.29, 1.82) is 0 Å². The molecule has 8 heteroatoms. The van der Waals surface area contributed by atoms with E-state index < -0.39 is 30.8 Å². The average molecular weight is 337 g/mol. The predicted molar refractivity (Wildman–Crippen MR) is 79.2 cm³/mol. The van der Waals surface area contributed by atoms with Gasteiger partial charge in [-0.25, -0.2) is 8.78 Å². The van der Waals surface area contributed by atoms with E-state index in [4.69, 9.17) is 9.26 Å². The summed E-state index contributed by atoms with van der Waals surface area (Å²) in [6.07, 6.45) is -0.529. The molecule has 1 aliphatic rings. The molecule has 1 atom stereocenters. The van der Waals surface area contributed by atoms with Crippen LogP contribution in [0.25, 0.3) is 0 Å². The maximum Gasteiger partial charge on any atom is 0.267 e. The van der Waals surface area contributed by atoms with E-state index in [1.54, 1.807) is 6.92 Å². The highest BCUT2D eigenvalue weighted by atomic mass is 19.3. The van der Waals surface area contributed by atoms with Gasteiger partial charge in [-0.05, 0) is 12.5 Å². The van der Waals surface area contributed by atoms with Gasteiger partial charge in [-0.2, -0.15) is 4.98 Å². The van der Waals surface area contributed by atoms with Crippen LogP contribution in [0.5, 0.6) is 0 Å². The van der Waals surface area contributed by atoms with Crippen molar-refractivity contribution in [3.63, 3.8) is 0 Å². The van der Waals surface area contributed by atoms with Gasteiger partial charge in [0.25, 0.3) is 5.92 Å². The van der Waals surface area contributed by atoms with Gasteiger partial charge >= 0.3 is 0 Å². The van der Waals surface area contributed by atoms with Crippen molar-refractivity contribution in [3.8, 4) is 0 Å². The van der Waals surface area contributed by atoms with E-state index in [0.29, 0.717) is 5.82 Å². The minimum Gasteiger partial charge on any atom is -0.367 e. The van der Waals surface area contributed by atoms with E-state index in [9.17, 15) is 13.6 Å². The number of aryl methyl sites for hydroxylation is 1. The fraction of sp³-hybridized carbons (Fsp3) is 0.438. The van der Waals surface area contributed by atoms with Gasteiger partial charge in [0.1, 0.15) is 12.6 Å². The minimum absolute atomic E-state index is 0.0288. The van der Waals surface area contributed by atoms with Crippen molar-refractivity contribution < 1.29 is 22.8 Å². The Morgan fingerprint density at radius 3 is 2.83 bits per heavy atom. The van der Waals surface area contributed by atoms with Crippen molar-refractivity contribution in [1.82, 2.24) is 15.0 Å². The predicted octanol–water partition coefficient (Wildman–Crippen LogP) is 2.50. The summed E-state index contributed by atoms with van der Waals surface area (Å²) in [6, 6.07) is 8.38. The van der Waals surface area contributed by atoms with Crippen LogP contribution in [0.15, 0.2) is 34.9 Å². The largest absolute Gasteiger partial charge is 0.367 e. The molecule has 6 nitrogen and oxygen atoms in total. The molecule has 24 heavy (non-hydrogen) atoms. The zero-order valence-corrected chi connectivity index (χ0v) is 13.1. The molecule has 0 unspecified atom stereocenters. The lowest BCUT2D eigenvalue weighted by atomic mass is 10.2. The lowest BCUT2D eigenvalue weighted by Gasteiger charge is -2.21. The van der Waals surface area contributed by atoms with Crippen LogP contribution >= 0.6 is 0 Å². The summed E-state index contributed by atoms with van der Waals surface area (Å²) in [6.45, 7) is 0.873. The molecule has 0 spiro atoms. The van der Waals surface area contributed by atoms with Crippen LogP contribution in [0.4, 0.5) is 8.78 Å². The summed E-state index contributed by atoms with van der Waals surface area (Å²) < 4.78 is 37.8. The number of aromatic nitrogens is 2. The van der Waals surface area contributed by atoms with Crippen LogP contribution in [0.2, 0.25) is 0 Å². The summed E-state index contributed by atoms with van der Waals surface area (Å²) in [5.74, 6) is -3.14. The van der Waals surface area contributed by atoms with Crippen LogP contribution in [0, 0.1) is 6.92 Å². The number of nitrogens with zero attached hydrogens (tertiary/aromatic N) is 3. The first-order valence-corrected chi connectivity index (χ1v) is 7.54. The average Bonchev–Trinajstić information content (AvgIpc) is 3.11. The topological polar surface area (TPSA) is 68.5 Å². The number of ether oxygens (including phenoxy) is 1. The first kappa shape index (κ1) is 16.5. The second-order valence-corrected chi connectivity index (χ2v) is 5.76. The third-order valence-corrected chi connectivity index (χ3v) is 3.76. The highest BCUT2D eigenvalue weighted by Crippen LogP contribution is 2.40. The maximum atomic E-state index is 13.8. The third-order valence-electron chi connectivity index (χ3n) is 3.76. The molecular formula is C16H17F2N3O3. The van der Waals surface area contributed by atoms with E-state index in [1.165, 1.54) is 0 Å². The highest BCUT2D eigenvalue weighted by molar-refractivity contribution is 5.78. The van der Waals surface area contributed by atoms with Gasteiger partial charge in [-0.1, -0.05) is 35.5 Å². The Bertz CT molecular complexity index is 706. The smallest absolute Gasteiger partial charge is 0.267 e. The van der Waals surface area contributed by atoms with E-state index in [2.05, 4.69) is 10.1 Å². The zero-order valence-electron chi connectivity index (χ0n) is 13.1. The Kier molecular flexibility index (Phi) is 4.57. The number of carbonyl (C=O) groups excluding carboxylic acids is 1. The van der Waals surface area contributed by atoms with Crippen LogP contribution < -0.4 is 0 Å². The number of alkyl halides is 2. The Morgan fingerprint density at radius 2 is 2.17 bits per heavy atom. The number of hydrogen-bond donors (Lipinski definition) is 0. The van der Waals surface area contributed by atoms with Crippen molar-refractivity contribution in [2.45, 2.75) is 31.9 Å². The molecule has 0 bridgehead atoms. The summed E-state index contributed by atoms with van der Waals surface area (Å²) in [5, 5.41) is 3.60. The number of carbonyl (C=O) groups is 1. The molecule has 0 aliphatic carbocycles. The van der Waals surface area contributed by atoms with Gasteiger partial charge in [0.05, 0.1) is 13.2 Å². The van der Waals surface area contributed by atoms with Crippen LogP contribution in [0.1, 0.15) is 29.7 Å². The Balaban J connectivity index is 1.63. The quantitative estimate of drug-likeness (QED) is 0.838. The van der Waals surface area contributed by atoms with E-state index in [1.807, 2.05) is 30.3 Å². The molecule has 1 aromatic heterocycles. The number of rotatable bonds is 5. The summed E-state index contributed by atoms with van der Waals surface area (Å²) in [7, 11) is 0. The maximum absolute atomic E-state index is 13.8. The molecule has 2 heterocycles. The molecule has 1 amide bonds. The van der Waals surface area contributed by atoms with Gasteiger partial charge in [-0.3, -0.25) is 4.79 Å². The molecule has 2 aromatic rings. The molecule has 0 N–H and O–H groups in total. The SMILES string of the molecule is Cc1noc([C@@H]2CC(F)(F)CN2C(=O)COCc2ccccc2)n1. The van der Waals surface area contributed by atoms with E-state index in [0.717, 1.165) is 10.5 Å². The monoisotopic (exact) mass is 337 g/mol. The number of halogens is 2. The van der Waals surface area contributed by atoms with Crippen LogP contribution in [-0.4, -0.2) is 40.0 Å². The molecule has 1 saturated heterocycles. The fourth-order valence-corrected chi connectivity index (χ4v) is 2.66. The van der Waals surface area contributed by atoms with Crippen LogP contribution in [-0.2, 0) is 16.1 Å². The highest BCUT2D eigenvalue weighted by Gasteiger charge is 2.49. The van der Waals surface area contributed by atoms with E-state index in [-0.39, 0.29) is 19.1 Å². The number of likely N-dealkylation sites (tertiary alicyclic amines) is 1. The van der Waals surface area contributed by atoms with Gasteiger partial charge in [-0.15, -0.1) is 0 Å². The molecule has 1 aliphatic heterocycles. The number of hydrogen-bond acceptors (Lipinski definition) is 5. The number of benzene rings is 1. The normalized spacial score (nSPS) is 19.6.